The number of rotatable bonds is 7. The van der Waals surface area contributed by atoms with Crippen LogP contribution in [-0.4, -0.2) is 48.9 Å². The van der Waals surface area contributed by atoms with Gasteiger partial charge in [-0.2, -0.15) is 0 Å². The molecule has 1 atom stereocenters. The molecule has 0 amide bonds. The van der Waals surface area contributed by atoms with Crippen LogP contribution in [0.15, 0.2) is 0 Å². The third-order valence-electron chi connectivity index (χ3n) is 5.07. The van der Waals surface area contributed by atoms with E-state index in [0.717, 1.165) is 12.1 Å². The maximum atomic E-state index is 11.2. The Kier molecular flexibility index (Phi) is 11.6. The number of ether oxygens (including phenoxy) is 2. The van der Waals surface area contributed by atoms with Gasteiger partial charge in [0.15, 0.2) is 0 Å². The number of carbonyl (C=O) groups is 2. The maximum absolute atomic E-state index is 11.2. The van der Waals surface area contributed by atoms with Crippen LogP contribution in [0.2, 0.25) is 0 Å². The largest absolute Gasteiger partial charge is 0.548 e. The molecule has 0 aromatic carbocycles. The Labute approximate surface area is 169 Å². The molecule has 1 unspecified atom stereocenters. The van der Waals surface area contributed by atoms with Crippen molar-refractivity contribution in [3.63, 3.8) is 0 Å². The molecule has 0 spiro atoms. The third-order valence-corrected chi connectivity index (χ3v) is 5.07. The van der Waals surface area contributed by atoms with Crippen LogP contribution in [-0.2, 0) is 19.1 Å². The molecule has 0 radical (unpaired) electrons. The van der Waals surface area contributed by atoms with Crippen LogP contribution in [0.4, 0.5) is 0 Å². The van der Waals surface area contributed by atoms with Gasteiger partial charge in [-0.15, -0.1) is 0 Å². The van der Waals surface area contributed by atoms with Crippen molar-refractivity contribution in [2.24, 2.45) is 5.73 Å². The second-order valence-corrected chi connectivity index (χ2v) is 9.02. The van der Waals surface area contributed by atoms with Crippen molar-refractivity contribution in [1.29, 1.82) is 0 Å². The SMILES string of the molecule is C1CCC([NH2+]C2CCCCC2)CC1.CC(C)(C)OC(=O)C(N)COCC(=O)[O-]. The zero-order valence-corrected chi connectivity index (χ0v) is 17.9. The molecule has 0 saturated heterocycles. The summed E-state index contributed by atoms with van der Waals surface area (Å²) in [6, 6.07) is 1.01. The van der Waals surface area contributed by atoms with Gasteiger partial charge < -0.3 is 30.4 Å². The molecule has 0 aromatic rings. The average Bonchev–Trinajstić information content (AvgIpc) is 2.62. The van der Waals surface area contributed by atoms with Gasteiger partial charge in [-0.25, -0.2) is 0 Å². The van der Waals surface area contributed by atoms with Gasteiger partial charge in [0.1, 0.15) is 11.6 Å². The molecule has 0 heterocycles. The molecule has 0 aliphatic heterocycles. The highest BCUT2D eigenvalue weighted by Gasteiger charge is 2.23. The lowest BCUT2D eigenvalue weighted by Gasteiger charge is -2.27. The highest BCUT2D eigenvalue weighted by Crippen LogP contribution is 2.18. The molecule has 2 fully saturated rings. The Morgan fingerprint density at radius 1 is 1.00 bits per heavy atom. The molecular weight excluding hydrogens is 360 g/mol. The van der Waals surface area contributed by atoms with Crippen molar-refractivity contribution >= 4 is 11.9 Å². The van der Waals surface area contributed by atoms with E-state index in [1.807, 2.05) is 0 Å². The van der Waals surface area contributed by atoms with Crippen LogP contribution in [0.1, 0.15) is 85.0 Å². The van der Waals surface area contributed by atoms with Gasteiger partial charge in [0.2, 0.25) is 0 Å². The monoisotopic (exact) mass is 400 g/mol. The van der Waals surface area contributed by atoms with Gasteiger partial charge in [-0.3, -0.25) is 4.79 Å². The summed E-state index contributed by atoms with van der Waals surface area (Å²) in [5.74, 6) is -1.98. The van der Waals surface area contributed by atoms with E-state index >= 15 is 0 Å². The number of nitrogens with two attached hydrogens (primary N) is 2. The minimum absolute atomic E-state index is 0.205. The van der Waals surface area contributed by atoms with E-state index in [9.17, 15) is 14.7 Å². The summed E-state index contributed by atoms with van der Waals surface area (Å²) in [6.07, 6.45) is 15.0. The summed E-state index contributed by atoms with van der Waals surface area (Å²) in [7, 11) is 0. The van der Waals surface area contributed by atoms with Crippen LogP contribution in [0, 0.1) is 0 Å². The first-order valence-corrected chi connectivity index (χ1v) is 10.8. The minimum atomic E-state index is -1.36. The van der Waals surface area contributed by atoms with Crippen molar-refractivity contribution in [1.82, 2.24) is 0 Å². The summed E-state index contributed by atoms with van der Waals surface area (Å²) in [5.41, 5.74) is 4.78. The summed E-state index contributed by atoms with van der Waals surface area (Å²) < 4.78 is 9.55. The second-order valence-electron chi connectivity index (χ2n) is 9.02. The number of carboxylic acid groups (broad SMARTS) is 1. The van der Waals surface area contributed by atoms with Gasteiger partial charge >= 0.3 is 5.97 Å². The Morgan fingerprint density at radius 2 is 1.46 bits per heavy atom. The molecule has 2 rings (SSSR count). The molecule has 0 bridgehead atoms. The summed E-state index contributed by atoms with van der Waals surface area (Å²) in [6.45, 7) is 4.33. The number of carboxylic acids is 1. The summed E-state index contributed by atoms with van der Waals surface area (Å²) in [4.78, 5) is 21.2. The Morgan fingerprint density at radius 3 is 1.86 bits per heavy atom. The molecule has 2 saturated carbocycles. The van der Waals surface area contributed by atoms with Gasteiger partial charge in [0.05, 0.1) is 31.3 Å². The predicted molar refractivity (Wildman–Crippen MR) is 105 cm³/mol. The Hall–Kier alpha value is -1.18. The first kappa shape index (κ1) is 24.9. The molecule has 2 aliphatic rings. The van der Waals surface area contributed by atoms with Crippen molar-refractivity contribution in [3.8, 4) is 0 Å². The summed E-state index contributed by atoms with van der Waals surface area (Å²) >= 11 is 0. The van der Waals surface area contributed by atoms with Crippen molar-refractivity contribution in [2.75, 3.05) is 13.2 Å². The van der Waals surface area contributed by atoms with Crippen LogP contribution < -0.4 is 16.2 Å². The number of carbonyl (C=O) groups excluding carboxylic acids is 2. The third kappa shape index (κ3) is 12.3. The fourth-order valence-electron chi connectivity index (χ4n) is 3.75. The zero-order valence-electron chi connectivity index (χ0n) is 17.9. The minimum Gasteiger partial charge on any atom is -0.548 e. The number of aliphatic carboxylic acids is 1. The summed E-state index contributed by atoms with van der Waals surface area (Å²) in [5, 5.41) is 12.7. The number of quaternary nitrogens is 1. The lowest BCUT2D eigenvalue weighted by molar-refractivity contribution is -0.725. The molecule has 7 nitrogen and oxygen atoms in total. The fraction of sp³-hybridized carbons (Fsp3) is 0.905. The van der Waals surface area contributed by atoms with Crippen molar-refractivity contribution in [3.05, 3.63) is 0 Å². The van der Waals surface area contributed by atoms with E-state index in [4.69, 9.17) is 10.5 Å². The predicted octanol–water partition coefficient (Wildman–Crippen LogP) is 0.637. The van der Waals surface area contributed by atoms with Crippen LogP contribution in [0.5, 0.6) is 0 Å². The van der Waals surface area contributed by atoms with Gasteiger partial charge in [-0.1, -0.05) is 12.8 Å². The van der Waals surface area contributed by atoms with Gasteiger partial charge in [0.25, 0.3) is 0 Å². The smallest absolute Gasteiger partial charge is 0.325 e. The topological polar surface area (TPSA) is 118 Å². The van der Waals surface area contributed by atoms with E-state index in [1.165, 1.54) is 64.2 Å². The van der Waals surface area contributed by atoms with Gasteiger partial charge in [-0.05, 0) is 72.1 Å². The van der Waals surface area contributed by atoms with Crippen molar-refractivity contribution in [2.45, 2.75) is 109 Å². The molecule has 28 heavy (non-hydrogen) atoms. The van der Waals surface area contributed by atoms with Gasteiger partial charge in [0, 0.05) is 0 Å². The average molecular weight is 401 g/mol. The normalized spacial score (nSPS) is 20.0. The highest BCUT2D eigenvalue weighted by atomic mass is 16.6. The fourth-order valence-corrected chi connectivity index (χ4v) is 3.75. The molecule has 0 aromatic heterocycles. The first-order chi connectivity index (χ1) is 13.2. The quantitative estimate of drug-likeness (QED) is 0.605. The number of esters is 1. The van der Waals surface area contributed by atoms with E-state index in [1.54, 1.807) is 20.8 Å². The molecule has 2 aliphatic carbocycles. The first-order valence-electron chi connectivity index (χ1n) is 10.8. The van der Waals surface area contributed by atoms with Crippen LogP contribution in [0.3, 0.4) is 0 Å². The number of hydrogen-bond acceptors (Lipinski definition) is 6. The zero-order chi connectivity index (χ0) is 21.0. The maximum Gasteiger partial charge on any atom is 0.325 e. The van der Waals surface area contributed by atoms with Crippen molar-refractivity contribution < 1.29 is 29.5 Å². The lowest BCUT2D eigenvalue weighted by atomic mass is 9.91. The molecule has 164 valence electrons. The molecular formula is C21H40N2O5. The van der Waals surface area contributed by atoms with E-state index in [2.05, 4.69) is 10.1 Å². The standard InChI is InChI=1S/C12H23N.C9H17NO5/c1-3-7-11(8-4-1)13-12-9-5-2-6-10-12;1-9(2,3)15-8(13)6(10)4-14-5-7(11)12/h11-13H,1-10H2;6H,4-5,10H2,1-3H3,(H,11,12). The van der Waals surface area contributed by atoms with Crippen LogP contribution >= 0.6 is 0 Å². The second kappa shape index (κ2) is 13.1. The van der Waals surface area contributed by atoms with Crippen LogP contribution in [0.25, 0.3) is 0 Å². The molecule has 4 N–H and O–H groups in total. The van der Waals surface area contributed by atoms with E-state index in [0.29, 0.717) is 0 Å². The molecule has 7 heteroatoms. The van der Waals surface area contributed by atoms with E-state index in [-0.39, 0.29) is 6.61 Å². The Bertz CT molecular complexity index is 436. The highest BCUT2D eigenvalue weighted by molar-refractivity contribution is 5.76. The lowest BCUT2D eigenvalue weighted by Crippen LogP contribution is -2.95. The van der Waals surface area contributed by atoms with E-state index < -0.39 is 30.2 Å². The Balaban J connectivity index is 0.000000281. The number of hydrogen-bond donors (Lipinski definition) is 2.